The van der Waals surface area contributed by atoms with Crippen LogP contribution in [0.1, 0.15) is 43.7 Å². The number of benzene rings is 1. The minimum absolute atomic E-state index is 0.203. The first kappa shape index (κ1) is 34.3. The van der Waals surface area contributed by atoms with Gasteiger partial charge in [0.25, 0.3) is 5.91 Å². The monoisotopic (exact) mass is 683 g/mol. The van der Waals surface area contributed by atoms with Gasteiger partial charge in [-0.25, -0.2) is 22.7 Å². The lowest BCUT2D eigenvalue weighted by molar-refractivity contribution is -0.117. The highest BCUT2D eigenvalue weighted by atomic mass is 79.9. The van der Waals surface area contributed by atoms with Crippen LogP contribution in [-0.4, -0.2) is 53.8 Å². The first-order valence-electron chi connectivity index (χ1n) is 12.6. The van der Waals surface area contributed by atoms with E-state index >= 15 is 4.39 Å². The number of hydrogen-bond donors (Lipinski definition) is 3. The van der Waals surface area contributed by atoms with Crippen LogP contribution >= 0.6 is 28.1 Å². The molecule has 7 nitrogen and oxygen atoms in total. The van der Waals surface area contributed by atoms with Gasteiger partial charge in [-0.2, -0.15) is 13.2 Å². The van der Waals surface area contributed by atoms with Crippen LogP contribution in [-0.2, 0) is 15.5 Å². The van der Waals surface area contributed by atoms with Crippen LogP contribution in [0.15, 0.2) is 45.4 Å². The molecule has 1 aromatic heterocycles. The van der Waals surface area contributed by atoms with Crippen molar-refractivity contribution in [3.8, 4) is 0 Å². The third-order valence-electron chi connectivity index (χ3n) is 6.96. The van der Waals surface area contributed by atoms with Gasteiger partial charge in [0.15, 0.2) is 5.11 Å². The van der Waals surface area contributed by atoms with Gasteiger partial charge in [-0.05, 0) is 65.5 Å². The SMILES string of the molecule is CC[Si](CC)(CC)c1cc(Br)nc([C@](C)(CS(=O)(=NCC(F)(F)F)NC)NC(=S)NC(=O)c2ccccc2)c1F. The standard InChI is InChI=1S/C25H34BrF4N5O2S2Si/c1-6-40(7-2,8-3)18-14-19(26)33-21(20(18)27)24(4,16-39(37,31-5)32-15-25(28,29)30)35-23(38)34-22(36)17-12-10-9-11-13-17/h9-14H,6-8,15-16H2,1-5H3,(H,31,32,37)(H2,34,35,36,38)/t24-,39?/m0/s1. The van der Waals surface area contributed by atoms with E-state index in [1.165, 1.54) is 14.0 Å². The fourth-order valence-electron chi connectivity index (χ4n) is 4.53. The Bertz CT molecular complexity index is 1330. The fraction of sp³-hybridized carbons (Fsp3) is 0.480. The molecular weight excluding hydrogens is 650 g/mol. The number of pyridine rings is 1. The second-order valence-corrected chi connectivity index (χ2v) is 18.2. The van der Waals surface area contributed by atoms with Crippen molar-refractivity contribution in [3.05, 3.63) is 58.1 Å². The summed E-state index contributed by atoms with van der Waals surface area (Å²) in [6, 6.07) is 12.1. The van der Waals surface area contributed by atoms with Crippen molar-refractivity contribution in [2.45, 2.75) is 57.5 Å². The van der Waals surface area contributed by atoms with E-state index in [9.17, 15) is 22.2 Å². The molecule has 1 aromatic carbocycles. The summed E-state index contributed by atoms with van der Waals surface area (Å²) in [5.41, 5.74) is -1.66. The summed E-state index contributed by atoms with van der Waals surface area (Å²) in [7, 11) is -4.90. The lowest BCUT2D eigenvalue weighted by atomic mass is 9.99. The quantitative estimate of drug-likeness (QED) is 0.128. The first-order valence-corrected chi connectivity index (χ1v) is 18.1. The number of rotatable bonds is 11. The van der Waals surface area contributed by atoms with Gasteiger partial charge in [0.2, 0.25) is 0 Å². The molecule has 2 aromatic rings. The number of thiocarbonyl (C=S) groups is 1. The zero-order chi connectivity index (χ0) is 30.4. The number of hydrogen-bond acceptors (Lipinski definition) is 5. The van der Waals surface area contributed by atoms with Gasteiger partial charge in [0, 0.05) is 5.56 Å². The van der Waals surface area contributed by atoms with Crippen LogP contribution in [0.2, 0.25) is 18.1 Å². The maximum Gasteiger partial charge on any atom is 0.408 e. The zero-order valence-electron chi connectivity index (χ0n) is 22.9. The van der Waals surface area contributed by atoms with Crippen molar-refractivity contribution in [1.82, 2.24) is 20.3 Å². The summed E-state index contributed by atoms with van der Waals surface area (Å²) in [4.78, 5) is 17.1. The molecule has 15 heteroatoms. The molecule has 0 radical (unpaired) electrons. The summed E-state index contributed by atoms with van der Waals surface area (Å²) >= 11 is 8.72. The summed E-state index contributed by atoms with van der Waals surface area (Å²) in [6.07, 6.45) is -4.71. The van der Waals surface area contributed by atoms with Gasteiger partial charge < -0.3 is 5.32 Å². The maximum absolute atomic E-state index is 16.5. The van der Waals surface area contributed by atoms with Crippen LogP contribution < -0.4 is 20.5 Å². The molecule has 0 saturated heterocycles. The Labute approximate surface area is 247 Å². The molecule has 0 bridgehead atoms. The number of nitrogens with one attached hydrogen (secondary N) is 3. The van der Waals surface area contributed by atoms with Crippen LogP contribution in [0.5, 0.6) is 0 Å². The van der Waals surface area contributed by atoms with Gasteiger partial charge in [-0.15, -0.1) is 0 Å². The largest absolute Gasteiger partial charge is 0.408 e. The van der Waals surface area contributed by atoms with E-state index in [4.69, 9.17) is 12.2 Å². The molecule has 2 atom stereocenters. The molecule has 0 aliphatic heterocycles. The molecule has 40 heavy (non-hydrogen) atoms. The number of alkyl halides is 3. The van der Waals surface area contributed by atoms with Crippen molar-refractivity contribution in [1.29, 1.82) is 0 Å². The predicted molar refractivity (Wildman–Crippen MR) is 161 cm³/mol. The van der Waals surface area contributed by atoms with E-state index in [2.05, 4.69) is 40.6 Å². The minimum atomic E-state index is -4.71. The third-order valence-corrected chi connectivity index (χ3v) is 15.3. The molecule has 3 N–H and O–H groups in total. The molecule has 0 aliphatic rings. The van der Waals surface area contributed by atoms with Crippen molar-refractivity contribution in [2.75, 3.05) is 19.3 Å². The maximum atomic E-state index is 16.5. The smallest absolute Gasteiger partial charge is 0.350 e. The highest BCUT2D eigenvalue weighted by Crippen LogP contribution is 2.30. The molecule has 0 fully saturated rings. The van der Waals surface area contributed by atoms with Crippen LogP contribution in [0.3, 0.4) is 0 Å². The van der Waals surface area contributed by atoms with Gasteiger partial charge >= 0.3 is 6.18 Å². The number of carbonyl (C=O) groups excluding carboxylic acids is 1. The van der Waals surface area contributed by atoms with Crippen molar-refractivity contribution in [3.63, 3.8) is 0 Å². The average Bonchev–Trinajstić information content (AvgIpc) is 2.90. The normalized spacial score (nSPS) is 15.1. The van der Waals surface area contributed by atoms with Gasteiger partial charge in [-0.1, -0.05) is 57.1 Å². The summed E-state index contributed by atoms with van der Waals surface area (Å²) in [5, 5.41) is 5.57. The molecule has 0 aliphatic carbocycles. The fourth-order valence-corrected chi connectivity index (χ4v) is 10.8. The van der Waals surface area contributed by atoms with Crippen LogP contribution in [0, 0.1) is 5.82 Å². The number of amides is 1. The Balaban J connectivity index is 2.70. The Morgan fingerprint density at radius 3 is 2.23 bits per heavy atom. The predicted octanol–water partition coefficient (Wildman–Crippen LogP) is 5.38. The molecule has 1 amide bonds. The average molecular weight is 685 g/mol. The molecule has 1 unspecified atom stereocenters. The van der Waals surface area contributed by atoms with Crippen molar-refractivity contribution < 1.29 is 26.6 Å². The van der Waals surface area contributed by atoms with E-state index < -0.39 is 53.7 Å². The molecular formula is C25H34BrF4N5O2S2Si. The second kappa shape index (κ2) is 13.8. The topological polar surface area (TPSA) is 95.5 Å². The lowest BCUT2D eigenvalue weighted by Crippen LogP contribution is -2.56. The van der Waals surface area contributed by atoms with Gasteiger partial charge in [0.1, 0.15) is 32.6 Å². The van der Waals surface area contributed by atoms with Crippen molar-refractivity contribution >= 4 is 62.3 Å². The Hall–Kier alpha value is -1.94. The van der Waals surface area contributed by atoms with Crippen molar-refractivity contribution in [2.24, 2.45) is 4.36 Å². The van der Waals surface area contributed by atoms with Gasteiger partial charge in [0.05, 0.1) is 19.4 Å². The Kier molecular flexibility index (Phi) is 11.8. The minimum Gasteiger partial charge on any atom is -0.350 e. The first-order chi connectivity index (χ1) is 18.6. The molecule has 2 rings (SSSR count). The molecule has 0 saturated carbocycles. The number of halogens is 5. The highest BCUT2D eigenvalue weighted by Gasteiger charge is 2.41. The molecule has 0 spiro atoms. The summed E-state index contributed by atoms with van der Waals surface area (Å²) in [5.74, 6) is -1.86. The van der Waals surface area contributed by atoms with Crippen LogP contribution in [0.25, 0.3) is 0 Å². The van der Waals surface area contributed by atoms with E-state index in [1.54, 1.807) is 36.4 Å². The third kappa shape index (κ3) is 8.53. The Morgan fingerprint density at radius 1 is 1.15 bits per heavy atom. The van der Waals surface area contributed by atoms with E-state index in [1.807, 2.05) is 20.8 Å². The zero-order valence-corrected chi connectivity index (χ0v) is 27.1. The Morgan fingerprint density at radius 2 is 1.73 bits per heavy atom. The molecule has 222 valence electrons. The molecule has 1 heterocycles. The second-order valence-electron chi connectivity index (χ2n) is 9.49. The van der Waals surface area contributed by atoms with E-state index in [0.29, 0.717) is 15.4 Å². The number of nitrogens with zero attached hydrogens (tertiary/aromatic N) is 2. The van der Waals surface area contributed by atoms with E-state index in [-0.39, 0.29) is 10.8 Å². The highest BCUT2D eigenvalue weighted by molar-refractivity contribution is 9.10. The summed E-state index contributed by atoms with van der Waals surface area (Å²) in [6.45, 7) is 5.75. The van der Waals surface area contributed by atoms with E-state index in [0.717, 1.165) is 18.1 Å². The van der Waals surface area contributed by atoms with Gasteiger partial charge in [-0.3, -0.25) is 10.1 Å². The lowest BCUT2D eigenvalue weighted by Gasteiger charge is -2.35. The number of aromatic nitrogens is 1. The summed E-state index contributed by atoms with van der Waals surface area (Å²) < 4.78 is 75.2. The number of carbonyl (C=O) groups is 1. The van der Waals surface area contributed by atoms with Crippen LogP contribution in [0.4, 0.5) is 17.6 Å².